The van der Waals surface area contributed by atoms with Crippen LogP contribution in [0, 0.1) is 23.7 Å². The molecule has 0 fully saturated rings. The summed E-state index contributed by atoms with van der Waals surface area (Å²) in [6, 6.07) is 0. The monoisotopic (exact) mass is 417 g/mol. The predicted molar refractivity (Wildman–Crippen MR) is 99.2 cm³/mol. The molecule has 2 nitrogen and oxygen atoms in total. The molecule has 0 aromatic rings. The first-order chi connectivity index (χ1) is 9.70. The van der Waals surface area contributed by atoms with Gasteiger partial charge in [-0.25, -0.2) is 0 Å². The van der Waals surface area contributed by atoms with E-state index < -0.39 is 5.69 Å². The van der Waals surface area contributed by atoms with Gasteiger partial charge in [-0.15, -0.1) is 11.4 Å². The molecule has 0 heterocycles. The van der Waals surface area contributed by atoms with Crippen LogP contribution in [0.5, 0.6) is 0 Å². The van der Waals surface area contributed by atoms with Gasteiger partial charge in [0.05, 0.1) is 6.61 Å². The van der Waals surface area contributed by atoms with Gasteiger partial charge in [-0.2, -0.15) is 0 Å². The van der Waals surface area contributed by atoms with Crippen LogP contribution in [0.25, 0.3) is 0 Å². The summed E-state index contributed by atoms with van der Waals surface area (Å²) < 4.78 is 5.55. The molecule has 130 valence electrons. The van der Waals surface area contributed by atoms with E-state index in [0.717, 1.165) is 18.1 Å². The zero-order chi connectivity index (χ0) is 16.5. The van der Waals surface area contributed by atoms with Crippen LogP contribution in [-0.4, -0.2) is 12.4 Å². The van der Waals surface area contributed by atoms with Crippen LogP contribution in [0.15, 0.2) is 0 Å². The van der Waals surface area contributed by atoms with Gasteiger partial charge in [-0.1, -0.05) is 66.2 Å². The molecule has 0 radical (unpaired) electrons. The van der Waals surface area contributed by atoms with Crippen molar-refractivity contribution in [1.29, 1.82) is 0 Å². The average molecular weight is 419 g/mol. The first-order valence-corrected chi connectivity index (χ1v) is 12.5. The molecular weight excluding hydrogens is 385 g/mol. The smallest absolute Gasteiger partial charge is 0.0539 e. The minimum absolute atomic E-state index is 0. The van der Waals surface area contributed by atoms with Crippen molar-refractivity contribution in [3.63, 3.8) is 0 Å². The van der Waals surface area contributed by atoms with E-state index in [0.29, 0.717) is 24.4 Å². The Labute approximate surface area is 160 Å². The van der Waals surface area contributed by atoms with Gasteiger partial charge in [0.1, 0.15) is 0 Å². The van der Waals surface area contributed by atoms with Gasteiger partial charge < -0.3 is 9.42 Å². The molecule has 6 heteroatoms. The Morgan fingerprint density at radius 2 is 1.41 bits per heavy atom. The van der Waals surface area contributed by atoms with Gasteiger partial charge in [-0.3, -0.25) is 0 Å². The van der Waals surface area contributed by atoms with Gasteiger partial charge in [0, 0.05) is 30.9 Å². The molecule has 0 rings (SSSR count). The molecule has 0 saturated heterocycles. The molecule has 0 aliphatic heterocycles. The Balaban J connectivity index is 0. The summed E-state index contributed by atoms with van der Waals surface area (Å²) in [5.74, 6) is 3.22. The molecule has 0 saturated carbocycles. The first kappa shape index (κ1) is 25.8. The van der Waals surface area contributed by atoms with Crippen molar-refractivity contribution in [3.8, 4) is 0 Å². The summed E-state index contributed by atoms with van der Waals surface area (Å²) in [6.07, 6.45) is 4.66. The van der Waals surface area contributed by atoms with Gasteiger partial charge in [0.25, 0.3) is 0 Å². The molecule has 22 heavy (non-hydrogen) atoms. The van der Waals surface area contributed by atoms with Crippen LogP contribution in [-0.2, 0) is 35.8 Å². The number of rotatable bonds is 12. The Bertz CT molecular complexity index is 293. The minimum atomic E-state index is -2.90. The molecule has 0 amide bonds. The maximum Gasteiger partial charge on any atom is 0.0539 e. The molecule has 0 bridgehead atoms. The molecule has 0 aromatic carbocycles. The van der Waals surface area contributed by atoms with E-state index in [4.69, 9.17) is 16.3 Å². The summed E-state index contributed by atoms with van der Waals surface area (Å²) in [6.45, 7) is 13.8. The van der Waals surface area contributed by atoms with E-state index in [2.05, 4.69) is 41.5 Å². The average Bonchev–Trinajstić information content (AvgIpc) is 2.43. The van der Waals surface area contributed by atoms with Crippen molar-refractivity contribution in [2.24, 2.45) is 23.7 Å². The molecule has 0 spiro atoms. The summed E-state index contributed by atoms with van der Waals surface area (Å²) in [5, 5.41) is 0. The SMILES string of the molecule is CCC(C)CC(C)COP([O-])(=S)SCC(C)CC(C)CC.[Zn]. The van der Waals surface area contributed by atoms with E-state index in [1.165, 1.54) is 30.6 Å². The molecule has 0 aliphatic carbocycles. The fourth-order valence-corrected chi connectivity index (χ4v) is 5.85. The second kappa shape index (κ2) is 13.8. The van der Waals surface area contributed by atoms with E-state index >= 15 is 0 Å². The second-order valence-corrected chi connectivity index (χ2v) is 12.8. The summed E-state index contributed by atoms with van der Waals surface area (Å²) in [5.41, 5.74) is -2.90. The zero-order valence-corrected chi connectivity index (χ0v) is 20.8. The third-order valence-corrected chi connectivity index (χ3v) is 8.51. The van der Waals surface area contributed by atoms with Crippen LogP contribution in [0.4, 0.5) is 0 Å². The van der Waals surface area contributed by atoms with E-state index in [1.807, 2.05) is 0 Å². The van der Waals surface area contributed by atoms with E-state index in [1.54, 1.807) is 0 Å². The van der Waals surface area contributed by atoms with Crippen LogP contribution >= 0.6 is 17.1 Å². The molecule has 5 unspecified atom stereocenters. The fraction of sp³-hybridized carbons (Fsp3) is 1.00. The minimum Gasteiger partial charge on any atom is -0.793 e. The van der Waals surface area contributed by atoms with Gasteiger partial charge in [-0.05, 0) is 36.5 Å². The maximum absolute atomic E-state index is 12.3. The van der Waals surface area contributed by atoms with Crippen molar-refractivity contribution in [1.82, 2.24) is 0 Å². The number of hydrogen-bond donors (Lipinski definition) is 0. The summed E-state index contributed by atoms with van der Waals surface area (Å²) in [4.78, 5) is 12.3. The predicted octanol–water partition coefficient (Wildman–Crippen LogP) is 5.46. The van der Waals surface area contributed by atoms with Crippen LogP contribution in [0.1, 0.15) is 67.2 Å². The molecule has 0 N–H and O–H groups in total. The summed E-state index contributed by atoms with van der Waals surface area (Å²) >= 11 is 6.51. The fourth-order valence-electron chi connectivity index (χ4n) is 2.32. The largest absolute Gasteiger partial charge is 0.793 e. The van der Waals surface area contributed by atoms with Crippen molar-refractivity contribution >= 4 is 28.9 Å². The van der Waals surface area contributed by atoms with Gasteiger partial charge in [0.15, 0.2) is 0 Å². The normalized spacial score (nSPS) is 19.6. The van der Waals surface area contributed by atoms with Gasteiger partial charge >= 0.3 is 0 Å². The Kier molecular flexibility index (Phi) is 16.2. The van der Waals surface area contributed by atoms with E-state index in [9.17, 15) is 4.89 Å². The maximum atomic E-state index is 12.3. The molecular formula is C16H34O2PS2Zn-. The molecule has 0 aliphatic rings. The Morgan fingerprint density at radius 3 is 1.86 bits per heavy atom. The van der Waals surface area contributed by atoms with E-state index in [-0.39, 0.29) is 19.5 Å². The quantitative estimate of drug-likeness (QED) is 0.311. The van der Waals surface area contributed by atoms with Crippen molar-refractivity contribution in [3.05, 3.63) is 0 Å². The van der Waals surface area contributed by atoms with Crippen LogP contribution < -0.4 is 4.89 Å². The number of hydrogen-bond acceptors (Lipinski definition) is 4. The molecule has 5 atom stereocenters. The van der Waals surface area contributed by atoms with Crippen LogP contribution in [0.3, 0.4) is 0 Å². The standard InChI is InChI=1S/C16H35O2PS2.Zn/c1-7-13(3)9-15(5)11-18-19(17,20)21-12-16(6)10-14(4)8-2;/h13-16H,7-12H2,1-6H3,(H,17,20);/p-1. The van der Waals surface area contributed by atoms with Crippen molar-refractivity contribution < 1.29 is 28.9 Å². The third kappa shape index (κ3) is 13.9. The van der Waals surface area contributed by atoms with Crippen molar-refractivity contribution in [2.75, 3.05) is 12.4 Å². The Morgan fingerprint density at radius 1 is 0.955 bits per heavy atom. The third-order valence-electron chi connectivity index (χ3n) is 4.04. The zero-order valence-electron chi connectivity index (χ0n) is 15.3. The Hall–Kier alpha value is 1.54. The van der Waals surface area contributed by atoms with Crippen LogP contribution in [0.2, 0.25) is 0 Å². The van der Waals surface area contributed by atoms with Crippen molar-refractivity contribution in [2.45, 2.75) is 67.2 Å². The molecule has 0 aromatic heterocycles. The topological polar surface area (TPSA) is 32.3 Å². The first-order valence-electron chi connectivity index (χ1n) is 8.30. The van der Waals surface area contributed by atoms with Gasteiger partial charge in [0.2, 0.25) is 0 Å². The summed E-state index contributed by atoms with van der Waals surface area (Å²) in [7, 11) is 0. The second-order valence-electron chi connectivity index (χ2n) is 6.75.